The lowest BCUT2D eigenvalue weighted by Gasteiger charge is -2.21. The lowest BCUT2D eigenvalue weighted by atomic mass is 10.0. The van der Waals surface area contributed by atoms with Crippen LogP contribution in [0.5, 0.6) is 17.2 Å². The molecule has 0 bridgehead atoms. The van der Waals surface area contributed by atoms with Crippen LogP contribution in [-0.2, 0) is 27.2 Å². The fourth-order valence-corrected chi connectivity index (χ4v) is 3.13. The molecule has 178 valence electrons. The van der Waals surface area contributed by atoms with E-state index < -0.39 is 35.8 Å². The minimum atomic E-state index is -0.999. The highest BCUT2D eigenvalue weighted by molar-refractivity contribution is 5.92. The van der Waals surface area contributed by atoms with Crippen LogP contribution in [0.25, 0.3) is 0 Å². The van der Waals surface area contributed by atoms with Crippen molar-refractivity contribution in [1.82, 2.24) is 10.6 Å². The zero-order valence-electron chi connectivity index (χ0n) is 18.8. The van der Waals surface area contributed by atoms with Crippen molar-refractivity contribution in [2.24, 2.45) is 11.5 Å². The molecule has 2 aromatic carbocycles. The van der Waals surface area contributed by atoms with Crippen molar-refractivity contribution >= 4 is 17.7 Å². The summed E-state index contributed by atoms with van der Waals surface area (Å²) in [4.78, 5) is 36.9. The number of phenols is 1. The molecule has 2 rings (SSSR count). The van der Waals surface area contributed by atoms with E-state index in [2.05, 4.69) is 10.6 Å². The number of nitrogens with one attached hydrogen (secondary N) is 2. The molecule has 0 saturated heterocycles. The van der Waals surface area contributed by atoms with Gasteiger partial charge in [-0.2, -0.15) is 0 Å². The standard InChI is InChI=1S/C23H30N4O6/c1-13(26-23(31)17(24)10-14-4-7-16(28)8-5-14)22(30)27-18(21(25)29)11-15-6-9-19(32-2)20(12-15)33-3/h4-9,12-13,17-18,28H,10-11,24H2,1-3H3,(H2,25,29)(H,26,31)(H,27,30)/t13-,17?,18?/m1/s1. The zero-order valence-corrected chi connectivity index (χ0v) is 18.8. The maximum atomic E-state index is 12.6. The first-order valence-corrected chi connectivity index (χ1v) is 10.3. The van der Waals surface area contributed by atoms with Crippen LogP contribution >= 0.6 is 0 Å². The summed E-state index contributed by atoms with van der Waals surface area (Å²) in [6.07, 6.45) is 0.353. The van der Waals surface area contributed by atoms with E-state index in [0.717, 1.165) is 5.56 Å². The van der Waals surface area contributed by atoms with Gasteiger partial charge in [0.15, 0.2) is 11.5 Å². The van der Waals surface area contributed by atoms with E-state index in [4.69, 9.17) is 20.9 Å². The van der Waals surface area contributed by atoms with E-state index in [-0.39, 0.29) is 18.6 Å². The SMILES string of the molecule is COc1ccc(CC(NC(=O)[C@@H](C)NC(=O)C(N)Cc2ccc(O)cc2)C(N)=O)cc1OC. The molecule has 0 aromatic heterocycles. The third-order valence-corrected chi connectivity index (χ3v) is 5.03. The van der Waals surface area contributed by atoms with Crippen LogP contribution in [-0.4, -0.2) is 55.2 Å². The summed E-state index contributed by atoms with van der Waals surface area (Å²) < 4.78 is 10.4. The topological polar surface area (TPSA) is 166 Å². The second kappa shape index (κ2) is 11.7. The van der Waals surface area contributed by atoms with Crippen molar-refractivity contribution in [3.63, 3.8) is 0 Å². The fraction of sp³-hybridized carbons (Fsp3) is 0.348. The number of amides is 3. The van der Waals surface area contributed by atoms with Gasteiger partial charge in [-0.1, -0.05) is 18.2 Å². The van der Waals surface area contributed by atoms with Gasteiger partial charge < -0.3 is 36.7 Å². The molecule has 0 spiro atoms. The number of hydrogen-bond donors (Lipinski definition) is 5. The smallest absolute Gasteiger partial charge is 0.242 e. The predicted molar refractivity (Wildman–Crippen MR) is 122 cm³/mol. The summed E-state index contributed by atoms with van der Waals surface area (Å²) in [5, 5.41) is 14.4. The second-order valence-corrected chi connectivity index (χ2v) is 7.56. The molecular weight excluding hydrogens is 428 g/mol. The Morgan fingerprint density at radius 1 is 0.909 bits per heavy atom. The summed E-state index contributed by atoms with van der Waals surface area (Å²) in [6, 6.07) is 8.57. The number of carbonyl (C=O) groups excluding carboxylic acids is 3. The maximum absolute atomic E-state index is 12.6. The number of hydrogen-bond acceptors (Lipinski definition) is 7. The molecular formula is C23H30N4O6. The van der Waals surface area contributed by atoms with E-state index >= 15 is 0 Å². The van der Waals surface area contributed by atoms with Crippen LogP contribution in [0.1, 0.15) is 18.1 Å². The van der Waals surface area contributed by atoms with Crippen LogP contribution in [0, 0.1) is 0 Å². The number of carbonyl (C=O) groups is 3. The van der Waals surface area contributed by atoms with E-state index in [1.54, 1.807) is 30.3 Å². The highest BCUT2D eigenvalue weighted by Crippen LogP contribution is 2.28. The lowest BCUT2D eigenvalue weighted by molar-refractivity contribution is -0.131. The Morgan fingerprint density at radius 2 is 1.52 bits per heavy atom. The minimum Gasteiger partial charge on any atom is -0.508 e. The normalized spacial score (nSPS) is 13.3. The number of benzene rings is 2. The summed E-state index contributed by atoms with van der Waals surface area (Å²) in [7, 11) is 3.00. The van der Waals surface area contributed by atoms with Crippen molar-refractivity contribution in [3.05, 3.63) is 53.6 Å². The molecule has 2 unspecified atom stereocenters. The molecule has 0 heterocycles. The van der Waals surface area contributed by atoms with Gasteiger partial charge in [0.2, 0.25) is 17.7 Å². The minimum absolute atomic E-state index is 0.110. The second-order valence-electron chi connectivity index (χ2n) is 7.56. The molecule has 33 heavy (non-hydrogen) atoms. The molecule has 10 heteroatoms. The molecule has 0 aliphatic carbocycles. The molecule has 0 fully saturated rings. The average Bonchev–Trinajstić information content (AvgIpc) is 2.79. The lowest BCUT2D eigenvalue weighted by Crippen LogP contribution is -2.55. The van der Waals surface area contributed by atoms with Gasteiger partial charge in [0.25, 0.3) is 0 Å². The Morgan fingerprint density at radius 3 is 2.09 bits per heavy atom. The van der Waals surface area contributed by atoms with Crippen molar-refractivity contribution in [2.75, 3.05) is 14.2 Å². The number of methoxy groups -OCH3 is 2. The molecule has 7 N–H and O–H groups in total. The summed E-state index contributed by atoms with van der Waals surface area (Å²) in [5.74, 6) is -0.709. The highest BCUT2D eigenvalue weighted by atomic mass is 16.5. The van der Waals surface area contributed by atoms with Crippen molar-refractivity contribution in [3.8, 4) is 17.2 Å². The number of ether oxygens (including phenoxy) is 2. The number of nitrogens with two attached hydrogens (primary N) is 2. The maximum Gasteiger partial charge on any atom is 0.242 e. The van der Waals surface area contributed by atoms with Gasteiger partial charge in [-0.15, -0.1) is 0 Å². The van der Waals surface area contributed by atoms with E-state index in [0.29, 0.717) is 17.1 Å². The monoisotopic (exact) mass is 458 g/mol. The molecule has 2 aromatic rings. The zero-order chi connectivity index (χ0) is 24.5. The number of phenolic OH excluding ortho intramolecular Hbond substituents is 1. The Bertz CT molecular complexity index is 979. The van der Waals surface area contributed by atoms with Crippen LogP contribution in [0.3, 0.4) is 0 Å². The molecule has 0 radical (unpaired) electrons. The highest BCUT2D eigenvalue weighted by Gasteiger charge is 2.25. The number of rotatable bonds is 11. The summed E-state index contributed by atoms with van der Waals surface area (Å²) >= 11 is 0. The first kappa shape index (κ1) is 25.5. The van der Waals surface area contributed by atoms with E-state index in [1.165, 1.54) is 33.3 Å². The molecule has 0 saturated carbocycles. The molecule has 10 nitrogen and oxygen atoms in total. The van der Waals surface area contributed by atoms with Gasteiger partial charge in [0, 0.05) is 6.42 Å². The van der Waals surface area contributed by atoms with Gasteiger partial charge in [-0.05, 0) is 48.7 Å². The Balaban J connectivity index is 1.96. The quantitative estimate of drug-likeness (QED) is 0.316. The molecule has 0 aliphatic rings. The Hall–Kier alpha value is -3.79. The van der Waals surface area contributed by atoms with Gasteiger partial charge >= 0.3 is 0 Å². The van der Waals surface area contributed by atoms with E-state index in [9.17, 15) is 19.5 Å². The van der Waals surface area contributed by atoms with Crippen LogP contribution in [0.15, 0.2) is 42.5 Å². The average molecular weight is 459 g/mol. The first-order valence-electron chi connectivity index (χ1n) is 10.3. The van der Waals surface area contributed by atoms with Gasteiger partial charge in [0.1, 0.15) is 17.8 Å². The third-order valence-electron chi connectivity index (χ3n) is 5.03. The van der Waals surface area contributed by atoms with Crippen LogP contribution < -0.4 is 31.6 Å². The number of primary amides is 1. The van der Waals surface area contributed by atoms with Gasteiger partial charge in [-0.25, -0.2) is 0 Å². The van der Waals surface area contributed by atoms with Gasteiger partial charge in [0.05, 0.1) is 20.3 Å². The van der Waals surface area contributed by atoms with Crippen molar-refractivity contribution < 1.29 is 29.0 Å². The largest absolute Gasteiger partial charge is 0.508 e. The molecule has 0 aliphatic heterocycles. The summed E-state index contributed by atoms with van der Waals surface area (Å²) in [6.45, 7) is 1.48. The summed E-state index contributed by atoms with van der Waals surface area (Å²) in [5.41, 5.74) is 12.9. The first-order chi connectivity index (χ1) is 15.6. The van der Waals surface area contributed by atoms with Crippen LogP contribution in [0.2, 0.25) is 0 Å². The fourth-order valence-electron chi connectivity index (χ4n) is 3.13. The molecule has 3 atom stereocenters. The number of aromatic hydroxyl groups is 1. The Kier molecular flexibility index (Phi) is 9.05. The van der Waals surface area contributed by atoms with E-state index in [1.807, 2.05) is 0 Å². The predicted octanol–water partition coefficient (Wildman–Crippen LogP) is -0.00330. The van der Waals surface area contributed by atoms with Crippen molar-refractivity contribution in [2.45, 2.75) is 37.9 Å². The van der Waals surface area contributed by atoms with Crippen LogP contribution in [0.4, 0.5) is 0 Å². The van der Waals surface area contributed by atoms with Crippen molar-refractivity contribution in [1.29, 1.82) is 0 Å². The molecule has 3 amide bonds. The Labute approximate surface area is 192 Å². The third kappa shape index (κ3) is 7.39. The van der Waals surface area contributed by atoms with Gasteiger partial charge in [-0.3, -0.25) is 14.4 Å².